The third-order valence-electron chi connectivity index (χ3n) is 4.30. The van der Waals surface area contributed by atoms with Crippen molar-refractivity contribution in [1.29, 1.82) is 0 Å². The summed E-state index contributed by atoms with van der Waals surface area (Å²) in [7, 11) is 0. The smallest absolute Gasteiger partial charge is 0.320 e. The van der Waals surface area contributed by atoms with E-state index in [1.807, 2.05) is 0 Å². The molecule has 0 radical (unpaired) electrons. The molecule has 1 aliphatic heterocycles. The Morgan fingerprint density at radius 1 is 1.38 bits per heavy atom. The second-order valence-electron chi connectivity index (χ2n) is 6.35. The van der Waals surface area contributed by atoms with E-state index in [1.54, 1.807) is 0 Å². The minimum atomic E-state index is -0.630. The molecule has 2 rings (SSSR count). The first-order valence-corrected chi connectivity index (χ1v) is 6.39. The van der Waals surface area contributed by atoms with E-state index in [0.717, 1.165) is 25.8 Å². The Labute approximate surface area is 97.8 Å². The Bertz CT molecular complexity index is 288. The normalized spacial score (nSPS) is 39.1. The number of carboxylic acid groups (broad SMARTS) is 1. The number of carbonyl (C=O) groups is 1. The van der Waals surface area contributed by atoms with E-state index in [0.29, 0.717) is 17.4 Å². The van der Waals surface area contributed by atoms with Gasteiger partial charge in [-0.05, 0) is 43.6 Å². The van der Waals surface area contributed by atoms with E-state index in [9.17, 15) is 9.90 Å². The van der Waals surface area contributed by atoms with Crippen LogP contribution in [0.15, 0.2) is 0 Å². The van der Waals surface area contributed by atoms with Crippen molar-refractivity contribution in [2.75, 3.05) is 6.54 Å². The SMILES string of the molecule is CC1CC(C)(C)CC1N1CCCC1C(=O)O. The molecule has 0 aromatic carbocycles. The minimum Gasteiger partial charge on any atom is -0.480 e. The van der Waals surface area contributed by atoms with Crippen LogP contribution in [0, 0.1) is 11.3 Å². The van der Waals surface area contributed by atoms with Gasteiger partial charge < -0.3 is 5.11 Å². The maximum Gasteiger partial charge on any atom is 0.320 e. The molecule has 2 fully saturated rings. The second kappa shape index (κ2) is 4.02. The summed E-state index contributed by atoms with van der Waals surface area (Å²) in [5.41, 5.74) is 0.385. The fourth-order valence-electron chi connectivity index (χ4n) is 3.75. The van der Waals surface area contributed by atoms with E-state index < -0.39 is 5.97 Å². The molecule has 0 amide bonds. The molecule has 3 atom stereocenters. The van der Waals surface area contributed by atoms with Crippen LogP contribution >= 0.6 is 0 Å². The number of aliphatic carboxylic acids is 1. The van der Waals surface area contributed by atoms with Crippen LogP contribution < -0.4 is 0 Å². The van der Waals surface area contributed by atoms with Crippen LogP contribution in [0.1, 0.15) is 46.5 Å². The van der Waals surface area contributed by atoms with Gasteiger partial charge in [-0.2, -0.15) is 0 Å². The summed E-state index contributed by atoms with van der Waals surface area (Å²) in [4.78, 5) is 13.4. The van der Waals surface area contributed by atoms with Crippen LogP contribution in [-0.2, 0) is 4.79 Å². The van der Waals surface area contributed by atoms with Gasteiger partial charge in [0.25, 0.3) is 0 Å². The first kappa shape index (κ1) is 11.9. The van der Waals surface area contributed by atoms with Crippen molar-refractivity contribution >= 4 is 5.97 Å². The van der Waals surface area contributed by atoms with Gasteiger partial charge >= 0.3 is 5.97 Å². The van der Waals surface area contributed by atoms with Gasteiger partial charge in [-0.1, -0.05) is 20.8 Å². The third kappa shape index (κ3) is 2.10. The van der Waals surface area contributed by atoms with E-state index in [4.69, 9.17) is 0 Å². The van der Waals surface area contributed by atoms with Gasteiger partial charge in [-0.15, -0.1) is 0 Å². The van der Waals surface area contributed by atoms with Crippen molar-refractivity contribution in [1.82, 2.24) is 4.90 Å². The first-order valence-electron chi connectivity index (χ1n) is 6.39. The Balaban J connectivity index is 2.10. The zero-order chi connectivity index (χ0) is 11.9. The molecular weight excluding hydrogens is 202 g/mol. The minimum absolute atomic E-state index is 0.221. The number of nitrogens with zero attached hydrogens (tertiary/aromatic N) is 1. The monoisotopic (exact) mass is 225 g/mol. The van der Waals surface area contributed by atoms with Crippen molar-refractivity contribution in [3.05, 3.63) is 0 Å². The third-order valence-corrected chi connectivity index (χ3v) is 4.30. The van der Waals surface area contributed by atoms with E-state index in [-0.39, 0.29) is 6.04 Å². The number of hydrogen-bond donors (Lipinski definition) is 1. The van der Waals surface area contributed by atoms with Crippen LogP contribution in [0.4, 0.5) is 0 Å². The predicted molar refractivity (Wildman–Crippen MR) is 63.3 cm³/mol. The zero-order valence-electron chi connectivity index (χ0n) is 10.6. The van der Waals surface area contributed by atoms with E-state index >= 15 is 0 Å². The highest BCUT2D eigenvalue weighted by Gasteiger charge is 2.44. The molecule has 92 valence electrons. The highest BCUT2D eigenvalue weighted by atomic mass is 16.4. The topological polar surface area (TPSA) is 40.5 Å². The summed E-state index contributed by atoms with van der Waals surface area (Å²) in [5, 5.41) is 9.22. The van der Waals surface area contributed by atoms with Crippen molar-refractivity contribution in [2.24, 2.45) is 11.3 Å². The molecule has 0 aromatic heterocycles. The van der Waals surface area contributed by atoms with Crippen molar-refractivity contribution in [3.63, 3.8) is 0 Å². The standard InChI is InChI=1S/C13H23NO2/c1-9-7-13(2,3)8-11(9)14-6-4-5-10(14)12(15)16/h9-11H,4-8H2,1-3H3,(H,15,16). The molecule has 1 aliphatic carbocycles. The Morgan fingerprint density at radius 3 is 2.56 bits per heavy atom. The molecule has 0 bridgehead atoms. The summed E-state index contributed by atoms with van der Waals surface area (Å²) in [6, 6.07) is 0.264. The molecule has 3 nitrogen and oxygen atoms in total. The highest BCUT2D eigenvalue weighted by Crippen LogP contribution is 2.44. The number of hydrogen-bond acceptors (Lipinski definition) is 2. The van der Waals surface area contributed by atoms with Crippen LogP contribution in [0.2, 0.25) is 0 Å². The van der Waals surface area contributed by atoms with Gasteiger partial charge in [0, 0.05) is 6.04 Å². The summed E-state index contributed by atoms with van der Waals surface area (Å²) in [6.07, 6.45) is 4.25. The molecule has 1 saturated heterocycles. The zero-order valence-corrected chi connectivity index (χ0v) is 10.6. The lowest BCUT2D eigenvalue weighted by Gasteiger charge is -2.31. The summed E-state index contributed by atoms with van der Waals surface area (Å²) in [6.45, 7) is 7.85. The van der Waals surface area contributed by atoms with Crippen LogP contribution in [0.5, 0.6) is 0 Å². The summed E-state index contributed by atoms with van der Waals surface area (Å²) in [5.74, 6) is 0.00403. The molecule has 3 unspecified atom stereocenters. The lowest BCUT2D eigenvalue weighted by atomic mass is 9.91. The Hall–Kier alpha value is -0.570. The molecule has 0 aromatic rings. The van der Waals surface area contributed by atoms with Gasteiger partial charge in [-0.3, -0.25) is 9.69 Å². The number of carboxylic acids is 1. The quantitative estimate of drug-likeness (QED) is 0.784. The number of likely N-dealkylation sites (tertiary alicyclic amines) is 1. The molecule has 16 heavy (non-hydrogen) atoms. The van der Waals surface area contributed by atoms with Gasteiger partial charge in [-0.25, -0.2) is 0 Å². The fraction of sp³-hybridized carbons (Fsp3) is 0.923. The van der Waals surface area contributed by atoms with Gasteiger partial charge in [0.1, 0.15) is 6.04 Å². The van der Waals surface area contributed by atoms with Crippen LogP contribution in [0.3, 0.4) is 0 Å². The Morgan fingerprint density at radius 2 is 2.06 bits per heavy atom. The maximum atomic E-state index is 11.2. The lowest BCUT2D eigenvalue weighted by molar-refractivity contribution is -0.143. The lowest BCUT2D eigenvalue weighted by Crippen LogP contribution is -2.44. The highest BCUT2D eigenvalue weighted by molar-refractivity contribution is 5.73. The van der Waals surface area contributed by atoms with Crippen molar-refractivity contribution in [2.45, 2.75) is 58.5 Å². The predicted octanol–water partition coefficient (Wildman–Crippen LogP) is 2.36. The largest absolute Gasteiger partial charge is 0.480 e. The molecule has 1 saturated carbocycles. The van der Waals surface area contributed by atoms with Crippen LogP contribution in [0.25, 0.3) is 0 Å². The summed E-state index contributed by atoms with van der Waals surface area (Å²) < 4.78 is 0. The molecular formula is C13H23NO2. The summed E-state index contributed by atoms with van der Waals surface area (Å²) >= 11 is 0. The fourth-order valence-corrected chi connectivity index (χ4v) is 3.75. The molecule has 0 spiro atoms. The average Bonchev–Trinajstić information content (AvgIpc) is 2.69. The first-order chi connectivity index (χ1) is 7.41. The average molecular weight is 225 g/mol. The molecule has 2 aliphatic rings. The molecule has 1 N–H and O–H groups in total. The van der Waals surface area contributed by atoms with Gasteiger partial charge in [0.2, 0.25) is 0 Å². The molecule has 3 heteroatoms. The van der Waals surface area contributed by atoms with E-state index in [1.165, 1.54) is 6.42 Å². The van der Waals surface area contributed by atoms with Gasteiger partial charge in [0.15, 0.2) is 0 Å². The van der Waals surface area contributed by atoms with Crippen LogP contribution in [-0.4, -0.2) is 34.6 Å². The van der Waals surface area contributed by atoms with Crippen molar-refractivity contribution < 1.29 is 9.90 Å². The molecule has 1 heterocycles. The maximum absolute atomic E-state index is 11.2. The number of rotatable bonds is 2. The van der Waals surface area contributed by atoms with Crippen molar-refractivity contribution in [3.8, 4) is 0 Å². The second-order valence-corrected chi connectivity index (χ2v) is 6.35. The Kier molecular flexibility index (Phi) is 2.99. The van der Waals surface area contributed by atoms with E-state index in [2.05, 4.69) is 25.7 Å². The van der Waals surface area contributed by atoms with Gasteiger partial charge in [0.05, 0.1) is 0 Å².